The Morgan fingerprint density at radius 3 is 2.70 bits per heavy atom. The Morgan fingerprint density at radius 2 is 1.93 bits per heavy atom. The van der Waals surface area contributed by atoms with Crippen molar-refractivity contribution in [2.75, 3.05) is 0 Å². The summed E-state index contributed by atoms with van der Waals surface area (Å²) in [5.74, 6) is 0.451. The lowest BCUT2D eigenvalue weighted by molar-refractivity contribution is -0.384. The van der Waals surface area contributed by atoms with E-state index >= 15 is 0 Å². The molecule has 4 aromatic rings. The van der Waals surface area contributed by atoms with Gasteiger partial charge in [-0.15, -0.1) is 10.2 Å². The van der Waals surface area contributed by atoms with Crippen molar-refractivity contribution in [1.82, 2.24) is 19.2 Å². The molecule has 1 atom stereocenters. The van der Waals surface area contributed by atoms with Crippen molar-refractivity contribution in [2.45, 2.75) is 17.3 Å². The van der Waals surface area contributed by atoms with Crippen LogP contribution in [0.1, 0.15) is 17.7 Å². The lowest BCUT2D eigenvalue weighted by Gasteiger charge is -2.11. The summed E-state index contributed by atoms with van der Waals surface area (Å²) >= 11 is 1.43. The van der Waals surface area contributed by atoms with Gasteiger partial charge in [0.2, 0.25) is 5.78 Å². The van der Waals surface area contributed by atoms with E-state index in [4.69, 9.17) is 0 Å². The highest BCUT2D eigenvalue weighted by atomic mass is 32.2. The van der Waals surface area contributed by atoms with Crippen molar-refractivity contribution in [1.29, 1.82) is 0 Å². The van der Waals surface area contributed by atoms with Gasteiger partial charge in [-0.05, 0) is 24.6 Å². The molecule has 2 aromatic heterocycles. The summed E-state index contributed by atoms with van der Waals surface area (Å²) in [6.07, 6.45) is 0. The first-order chi connectivity index (χ1) is 13.0. The van der Waals surface area contributed by atoms with Crippen LogP contribution in [0.4, 0.5) is 5.69 Å². The molecule has 136 valence electrons. The van der Waals surface area contributed by atoms with Crippen molar-refractivity contribution < 1.29 is 4.92 Å². The van der Waals surface area contributed by atoms with Gasteiger partial charge in [-0.25, -0.2) is 0 Å². The molecular formula is C18H15N5O3S. The number of aromatic nitrogens is 4. The molecule has 0 radical (unpaired) electrons. The van der Waals surface area contributed by atoms with Crippen LogP contribution in [0.5, 0.6) is 0 Å². The van der Waals surface area contributed by atoms with Gasteiger partial charge in [0.25, 0.3) is 11.2 Å². The largest absolute Gasteiger partial charge is 0.279 e. The Balaban J connectivity index is 1.82. The number of para-hydroxylation sites is 1. The Bertz CT molecular complexity index is 1250. The maximum Gasteiger partial charge on any atom is 0.269 e. The second-order valence-corrected chi connectivity index (χ2v) is 7.42. The number of aryl methyl sites for hydroxylation is 1. The molecule has 0 spiro atoms. The highest BCUT2D eigenvalue weighted by Crippen LogP contribution is 2.35. The minimum absolute atomic E-state index is 0.0545. The number of benzene rings is 2. The van der Waals surface area contributed by atoms with Gasteiger partial charge in [0.05, 0.1) is 15.8 Å². The molecule has 0 saturated heterocycles. The summed E-state index contributed by atoms with van der Waals surface area (Å²) in [5.41, 5.74) is 1.47. The second-order valence-electron chi connectivity index (χ2n) is 6.11. The molecule has 0 N–H and O–H groups in total. The minimum Gasteiger partial charge on any atom is -0.279 e. The van der Waals surface area contributed by atoms with Crippen LogP contribution in [0.15, 0.2) is 58.5 Å². The first kappa shape index (κ1) is 17.2. The molecule has 27 heavy (non-hydrogen) atoms. The van der Waals surface area contributed by atoms with Crippen LogP contribution in [0.2, 0.25) is 0 Å². The fourth-order valence-electron chi connectivity index (χ4n) is 3.00. The third-order valence-corrected chi connectivity index (χ3v) is 5.53. The molecule has 0 bridgehead atoms. The number of hydrogen-bond acceptors (Lipinski definition) is 6. The fraction of sp³-hybridized carbons (Fsp3) is 0.167. The quantitative estimate of drug-likeness (QED) is 0.306. The fourth-order valence-corrected chi connectivity index (χ4v) is 3.98. The van der Waals surface area contributed by atoms with Crippen LogP contribution in [-0.2, 0) is 7.05 Å². The van der Waals surface area contributed by atoms with Gasteiger partial charge >= 0.3 is 0 Å². The Kier molecular flexibility index (Phi) is 4.15. The molecule has 4 rings (SSSR count). The van der Waals surface area contributed by atoms with E-state index in [0.29, 0.717) is 16.3 Å². The van der Waals surface area contributed by atoms with Gasteiger partial charge in [0, 0.05) is 24.4 Å². The second kappa shape index (κ2) is 6.51. The van der Waals surface area contributed by atoms with Gasteiger partial charge < -0.3 is 0 Å². The highest BCUT2D eigenvalue weighted by Gasteiger charge is 2.18. The minimum atomic E-state index is -0.406. The predicted octanol–water partition coefficient (Wildman–Crippen LogP) is 3.34. The zero-order valence-electron chi connectivity index (χ0n) is 14.6. The van der Waals surface area contributed by atoms with Gasteiger partial charge in [0.1, 0.15) is 0 Å². The molecule has 2 heterocycles. The van der Waals surface area contributed by atoms with E-state index < -0.39 is 4.92 Å². The number of nitro benzene ring substituents is 1. The van der Waals surface area contributed by atoms with Crippen LogP contribution in [-0.4, -0.2) is 24.1 Å². The maximum atomic E-state index is 12.5. The van der Waals surface area contributed by atoms with Crippen LogP contribution in [0.3, 0.4) is 0 Å². The van der Waals surface area contributed by atoms with Gasteiger partial charge in [-0.3, -0.25) is 23.9 Å². The van der Waals surface area contributed by atoms with Gasteiger partial charge in [-0.2, -0.15) is 0 Å². The monoisotopic (exact) mass is 381 g/mol. The third kappa shape index (κ3) is 2.85. The molecule has 0 aliphatic heterocycles. The van der Waals surface area contributed by atoms with Crippen LogP contribution >= 0.6 is 11.8 Å². The molecule has 1 unspecified atom stereocenters. The number of nitro groups is 1. The van der Waals surface area contributed by atoms with Crippen LogP contribution < -0.4 is 5.56 Å². The van der Waals surface area contributed by atoms with Crippen molar-refractivity contribution in [2.24, 2.45) is 7.05 Å². The topological polar surface area (TPSA) is 95.3 Å². The van der Waals surface area contributed by atoms with E-state index in [1.165, 1.54) is 22.4 Å². The number of fused-ring (bicyclic) bond motifs is 3. The number of rotatable bonds is 4. The summed E-state index contributed by atoms with van der Waals surface area (Å²) in [6, 6.07) is 13.9. The number of hydrogen-bond donors (Lipinski definition) is 0. The van der Waals surface area contributed by atoms with Crippen LogP contribution in [0.25, 0.3) is 16.7 Å². The standard InChI is InChI=1S/C18H15N5O3S/c1-11(12-6-5-7-13(10-12)23(25)26)27-18-20-19-17-21(2)16(24)14-8-3-4-9-15(14)22(17)18/h3-11H,1-2H3. The molecule has 0 aliphatic carbocycles. The van der Waals surface area contributed by atoms with Crippen molar-refractivity contribution in [3.8, 4) is 0 Å². The van der Waals surface area contributed by atoms with Gasteiger partial charge in [0.15, 0.2) is 5.16 Å². The average molecular weight is 381 g/mol. The molecule has 0 aliphatic rings. The summed E-state index contributed by atoms with van der Waals surface area (Å²) in [7, 11) is 1.66. The first-order valence-electron chi connectivity index (χ1n) is 8.21. The molecule has 0 amide bonds. The van der Waals surface area contributed by atoms with E-state index in [2.05, 4.69) is 10.2 Å². The van der Waals surface area contributed by atoms with E-state index in [9.17, 15) is 14.9 Å². The van der Waals surface area contributed by atoms with Crippen molar-refractivity contribution >= 4 is 34.1 Å². The summed E-state index contributed by atoms with van der Waals surface area (Å²) < 4.78 is 3.31. The Labute approximate surface area is 157 Å². The maximum absolute atomic E-state index is 12.5. The summed E-state index contributed by atoms with van der Waals surface area (Å²) in [5, 5.41) is 20.6. The van der Waals surface area contributed by atoms with Gasteiger partial charge in [-0.1, -0.05) is 36.0 Å². The lowest BCUT2D eigenvalue weighted by Crippen LogP contribution is -2.20. The number of thioether (sulfide) groups is 1. The highest BCUT2D eigenvalue weighted by molar-refractivity contribution is 7.99. The first-order valence-corrected chi connectivity index (χ1v) is 9.09. The summed E-state index contributed by atoms with van der Waals surface area (Å²) in [6.45, 7) is 1.95. The normalized spacial score (nSPS) is 12.5. The number of non-ortho nitro benzene ring substituents is 1. The Hall–Kier alpha value is -3.20. The van der Waals surface area contributed by atoms with Crippen molar-refractivity contribution in [3.63, 3.8) is 0 Å². The van der Waals surface area contributed by atoms with Crippen molar-refractivity contribution in [3.05, 3.63) is 74.6 Å². The predicted molar refractivity (Wildman–Crippen MR) is 103 cm³/mol. The SMILES string of the molecule is CC(Sc1nnc2n(C)c(=O)c3ccccc3n12)c1cccc([N+](=O)[O-])c1. The zero-order valence-corrected chi connectivity index (χ0v) is 15.4. The molecule has 0 fully saturated rings. The molecule has 0 saturated carbocycles. The van der Waals surface area contributed by atoms with E-state index in [0.717, 1.165) is 11.1 Å². The molecule has 2 aromatic carbocycles. The lowest BCUT2D eigenvalue weighted by atomic mass is 10.1. The average Bonchev–Trinajstić information content (AvgIpc) is 3.10. The summed E-state index contributed by atoms with van der Waals surface area (Å²) in [4.78, 5) is 23.1. The van der Waals surface area contributed by atoms with Crippen LogP contribution in [0, 0.1) is 10.1 Å². The molecular weight excluding hydrogens is 366 g/mol. The third-order valence-electron chi connectivity index (χ3n) is 4.43. The Morgan fingerprint density at radius 1 is 1.15 bits per heavy atom. The smallest absolute Gasteiger partial charge is 0.269 e. The van der Waals surface area contributed by atoms with E-state index in [1.807, 2.05) is 35.6 Å². The zero-order chi connectivity index (χ0) is 19.1. The molecule has 8 nitrogen and oxygen atoms in total. The van der Waals surface area contributed by atoms with E-state index in [1.54, 1.807) is 25.2 Å². The van der Waals surface area contributed by atoms with E-state index in [-0.39, 0.29) is 16.5 Å². The molecule has 9 heteroatoms. The number of nitrogens with zero attached hydrogens (tertiary/aromatic N) is 5.